The average Bonchev–Trinajstić information content (AvgIpc) is 3.42. The number of likely N-dealkylation sites (N-methyl/N-ethyl adjacent to an activating group) is 1. The van der Waals surface area contributed by atoms with Gasteiger partial charge in [0.2, 0.25) is 11.8 Å². The first-order valence-electron chi connectivity index (χ1n) is 11.0. The van der Waals surface area contributed by atoms with Crippen LogP contribution in [-0.2, 0) is 14.3 Å². The largest absolute Gasteiger partial charge is 0.492 e. The van der Waals surface area contributed by atoms with Crippen LogP contribution in [0.2, 0.25) is 0 Å². The highest BCUT2D eigenvalue weighted by atomic mass is 16.5. The minimum Gasteiger partial charge on any atom is -0.492 e. The number of ether oxygens (including phenoxy) is 2. The Balaban J connectivity index is 1.25. The van der Waals surface area contributed by atoms with Crippen LogP contribution in [0.15, 0.2) is 42.5 Å². The predicted octanol–water partition coefficient (Wildman–Crippen LogP) is 1.01. The van der Waals surface area contributed by atoms with Gasteiger partial charge in [0.05, 0.1) is 31.0 Å². The average molecular weight is 412 g/mol. The normalized spacial score (nSPS) is 32.7. The lowest BCUT2D eigenvalue weighted by Crippen LogP contribution is -2.53. The van der Waals surface area contributed by atoms with Crippen LogP contribution in [0.3, 0.4) is 0 Å². The second-order valence-corrected chi connectivity index (χ2v) is 8.58. The first-order valence-corrected chi connectivity index (χ1v) is 11.0. The lowest BCUT2D eigenvalue weighted by Gasteiger charge is -2.37. The molecular formula is C23H29N3O4. The van der Waals surface area contributed by atoms with Crippen molar-refractivity contribution in [1.29, 1.82) is 0 Å². The van der Waals surface area contributed by atoms with Gasteiger partial charge in [0, 0.05) is 26.2 Å². The molecule has 0 aromatic heterocycles. The first-order chi connectivity index (χ1) is 14.6. The number of carbonyl (C=O) groups excluding carboxylic acids is 2. The number of hydrogen-bond acceptors (Lipinski definition) is 5. The predicted molar refractivity (Wildman–Crippen MR) is 111 cm³/mol. The number of piperazine rings is 1. The Morgan fingerprint density at radius 2 is 1.97 bits per heavy atom. The minimum absolute atomic E-state index is 0.0176. The molecule has 7 heteroatoms. The van der Waals surface area contributed by atoms with E-state index in [1.54, 1.807) is 4.90 Å². The Bertz CT molecular complexity index is 836. The van der Waals surface area contributed by atoms with Gasteiger partial charge in [-0.1, -0.05) is 37.3 Å². The third kappa shape index (κ3) is 3.20. The molecule has 4 aliphatic heterocycles. The van der Waals surface area contributed by atoms with E-state index in [1.807, 2.05) is 47.4 Å². The van der Waals surface area contributed by atoms with Crippen LogP contribution >= 0.6 is 0 Å². The van der Waals surface area contributed by atoms with Crippen molar-refractivity contribution >= 4 is 11.8 Å². The highest BCUT2D eigenvalue weighted by Crippen LogP contribution is 2.52. The lowest BCUT2D eigenvalue weighted by atomic mass is 9.76. The van der Waals surface area contributed by atoms with E-state index >= 15 is 0 Å². The van der Waals surface area contributed by atoms with Gasteiger partial charge in [0.1, 0.15) is 18.0 Å². The van der Waals surface area contributed by atoms with Crippen molar-refractivity contribution < 1.29 is 19.1 Å². The van der Waals surface area contributed by atoms with Gasteiger partial charge in [0.25, 0.3) is 0 Å². The molecule has 0 aliphatic carbocycles. The second kappa shape index (κ2) is 7.71. The summed E-state index contributed by atoms with van der Waals surface area (Å²) >= 11 is 0. The van der Waals surface area contributed by atoms with Gasteiger partial charge in [-0.25, -0.2) is 0 Å². The zero-order chi connectivity index (χ0) is 20.7. The molecule has 5 rings (SSSR count). The number of hydrogen-bond donors (Lipinski definition) is 0. The summed E-state index contributed by atoms with van der Waals surface area (Å²) in [5, 5.41) is 0. The van der Waals surface area contributed by atoms with E-state index in [1.165, 1.54) is 0 Å². The molecule has 3 saturated heterocycles. The van der Waals surface area contributed by atoms with Crippen LogP contribution in [0.4, 0.5) is 0 Å². The second-order valence-electron chi connectivity index (χ2n) is 8.58. The van der Waals surface area contributed by atoms with E-state index in [4.69, 9.17) is 9.47 Å². The van der Waals surface area contributed by atoms with Crippen LogP contribution in [0, 0.1) is 11.8 Å². The van der Waals surface area contributed by atoms with Gasteiger partial charge in [-0.05, 0) is 18.7 Å². The van der Waals surface area contributed by atoms with Crippen molar-refractivity contribution in [3.05, 3.63) is 42.5 Å². The molecule has 30 heavy (non-hydrogen) atoms. The van der Waals surface area contributed by atoms with Gasteiger partial charge in [0.15, 0.2) is 0 Å². The Labute approximate surface area is 177 Å². The summed E-state index contributed by atoms with van der Waals surface area (Å²) in [6, 6.07) is 9.59. The molecule has 7 nitrogen and oxygen atoms in total. The number of likely N-dealkylation sites (tertiary alicyclic amines) is 1. The molecule has 4 aliphatic rings. The van der Waals surface area contributed by atoms with Crippen molar-refractivity contribution in [2.24, 2.45) is 11.8 Å². The number of amides is 2. The summed E-state index contributed by atoms with van der Waals surface area (Å²) in [4.78, 5) is 32.7. The van der Waals surface area contributed by atoms with E-state index in [0.29, 0.717) is 19.7 Å². The lowest BCUT2D eigenvalue weighted by molar-refractivity contribution is -0.144. The van der Waals surface area contributed by atoms with Crippen LogP contribution in [0.5, 0.6) is 5.75 Å². The molecule has 3 fully saturated rings. The third-order valence-electron chi connectivity index (χ3n) is 6.97. The topological polar surface area (TPSA) is 62.3 Å². The van der Waals surface area contributed by atoms with Crippen molar-refractivity contribution in [2.75, 3.05) is 52.4 Å². The summed E-state index contributed by atoms with van der Waals surface area (Å²) in [6.45, 7) is 7.78. The van der Waals surface area contributed by atoms with Gasteiger partial charge in [-0.15, -0.1) is 0 Å². The Kier molecular flexibility index (Phi) is 5.03. The Morgan fingerprint density at radius 3 is 2.70 bits per heavy atom. The Morgan fingerprint density at radius 1 is 1.20 bits per heavy atom. The number of nitrogens with zero attached hydrogens (tertiary/aromatic N) is 3. The number of para-hydroxylation sites is 1. The third-order valence-corrected chi connectivity index (χ3v) is 6.97. The molecule has 2 bridgehead atoms. The molecule has 2 amide bonds. The summed E-state index contributed by atoms with van der Waals surface area (Å²) in [6.07, 6.45) is 3.72. The van der Waals surface area contributed by atoms with Crippen LogP contribution in [-0.4, -0.2) is 90.6 Å². The molecule has 160 valence electrons. The molecule has 0 unspecified atom stereocenters. The number of rotatable bonds is 6. The first kappa shape index (κ1) is 19.6. The number of carbonyl (C=O) groups is 2. The van der Waals surface area contributed by atoms with E-state index in [0.717, 1.165) is 38.5 Å². The van der Waals surface area contributed by atoms with Crippen LogP contribution in [0.25, 0.3) is 0 Å². The maximum Gasteiger partial charge on any atom is 0.230 e. The summed E-state index contributed by atoms with van der Waals surface area (Å²) in [5.41, 5.74) is -0.653. The monoisotopic (exact) mass is 411 g/mol. The van der Waals surface area contributed by atoms with E-state index in [9.17, 15) is 9.59 Å². The van der Waals surface area contributed by atoms with Gasteiger partial charge < -0.3 is 24.2 Å². The van der Waals surface area contributed by atoms with E-state index in [2.05, 4.69) is 11.8 Å². The molecular weight excluding hydrogens is 382 g/mol. The zero-order valence-corrected chi connectivity index (χ0v) is 17.4. The van der Waals surface area contributed by atoms with E-state index in [-0.39, 0.29) is 17.9 Å². The van der Waals surface area contributed by atoms with Crippen molar-refractivity contribution in [3.8, 4) is 5.75 Å². The fraction of sp³-hybridized carbons (Fsp3) is 0.565. The molecule has 0 radical (unpaired) electrons. The Hall–Kier alpha value is -2.38. The number of fused-ring (bicyclic) bond motifs is 1. The highest BCUT2D eigenvalue weighted by Gasteiger charge is 2.67. The molecule has 0 saturated carbocycles. The zero-order valence-electron chi connectivity index (χ0n) is 17.4. The van der Waals surface area contributed by atoms with Gasteiger partial charge in [-0.3, -0.25) is 9.59 Å². The van der Waals surface area contributed by atoms with Gasteiger partial charge >= 0.3 is 0 Å². The fourth-order valence-corrected chi connectivity index (χ4v) is 5.34. The van der Waals surface area contributed by atoms with Crippen LogP contribution in [0.1, 0.15) is 6.92 Å². The van der Waals surface area contributed by atoms with Gasteiger partial charge in [-0.2, -0.15) is 0 Å². The standard InChI is InChI=1S/C23H29N3O4/c1-2-24-10-12-25(13-11-24)21(27)19-18-8-9-23(30-18)16-26(22(28)20(19)23)14-15-29-17-6-4-3-5-7-17/h3-9,18-20H,2,10-16H2,1H3/t18-,19+,20+,23-/m0/s1. The van der Waals surface area contributed by atoms with Crippen LogP contribution < -0.4 is 4.74 Å². The fourth-order valence-electron chi connectivity index (χ4n) is 5.34. The molecule has 4 heterocycles. The quantitative estimate of drug-likeness (QED) is 0.654. The van der Waals surface area contributed by atoms with Crippen molar-refractivity contribution in [3.63, 3.8) is 0 Å². The van der Waals surface area contributed by atoms with E-state index < -0.39 is 17.4 Å². The molecule has 1 aromatic rings. The molecule has 4 atom stereocenters. The highest BCUT2D eigenvalue weighted by molar-refractivity contribution is 5.93. The molecule has 1 spiro atoms. The summed E-state index contributed by atoms with van der Waals surface area (Å²) in [7, 11) is 0. The van der Waals surface area contributed by atoms with Crippen molar-refractivity contribution in [2.45, 2.75) is 18.6 Å². The summed E-state index contributed by atoms with van der Waals surface area (Å²) < 4.78 is 12.0. The maximum atomic E-state index is 13.4. The SMILES string of the molecule is CCN1CCN(C(=O)[C@@H]2[C@@H]3C=C[C@@]4(CN(CCOc5ccccc5)C(=O)[C@@H]24)O3)CC1. The molecule has 0 N–H and O–H groups in total. The smallest absolute Gasteiger partial charge is 0.230 e. The molecule has 1 aromatic carbocycles. The maximum absolute atomic E-state index is 13.4. The van der Waals surface area contributed by atoms with Crippen molar-refractivity contribution in [1.82, 2.24) is 14.7 Å². The number of benzene rings is 1. The summed E-state index contributed by atoms with van der Waals surface area (Å²) in [5.74, 6) is 0.0577. The minimum atomic E-state index is -0.653.